The normalized spacial score (nSPS) is 17.6. The minimum absolute atomic E-state index is 0.741. The first-order chi connectivity index (χ1) is 7.85. The maximum absolute atomic E-state index is 4.41. The fraction of sp³-hybridized carbons (Fsp3) is 0.769. The lowest BCUT2D eigenvalue weighted by Crippen LogP contribution is -2.27. The van der Waals surface area contributed by atoms with Gasteiger partial charge in [0.15, 0.2) is 0 Å². The highest BCUT2D eigenvalue weighted by atomic mass is 15.0. The van der Waals surface area contributed by atoms with Crippen LogP contribution in [0.5, 0.6) is 0 Å². The standard InChI is InChI=1S/C13H23N3/c1-3-16-10-9-15-13(16)6-4-5-12(14-2)11-7-8-11/h9-12,14H,3-8H2,1-2H3. The summed E-state index contributed by atoms with van der Waals surface area (Å²) in [5, 5.41) is 3.45. The van der Waals surface area contributed by atoms with Gasteiger partial charge in [0.25, 0.3) is 0 Å². The van der Waals surface area contributed by atoms with Crippen LogP contribution in [0, 0.1) is 5.92 Å². The molecule has 1 N–H and O–H groups in total. The summed E-state index contributed by atoms with van der Waals surface area (Å²) >= 11 is 0. The average Bonchev–Trinajstić information content (AvgIpc) is 3.04. The highest BCUT2D eigenvalue weighted by Gasteiger charge is 2.29. The first kappa shape index (κ1) is 11.6. The lowest BCUT2D eigenvalue weighted by atomic mass is 10.1. The number of imidazole rings is 1. The predicted octanol–water partition coefficient (Wildman–Crippen LogP) is 2.22. The van der Waals surface area contributed by atoms with Gasteiger partial charge in [-0.3, -0.25) is 0 Å². The van der Waals surface area contributed by atoms with Gasteiger partial charge in [-0.2, -0.15) is 0 Å². The van der Waals surface area contributed by atoms with E-state index in [1.165, 1.54) is 31.5 Å². The van der Waals surface area contributed by atoms with Crippen molar-refractivity contribution in [1.29, 1.82) is 0 Å². The third-order valence-electron chi connectivity index (χ3n) is 3.62. The maximum Gasteiger partial charge on any atom is 0.108 e. The highest BCUT2D eigenvalue weighted by molar-refractivity contribution is 4.93. The van der Waals surface area contributed by atoms with Gasteiger partial charge in [-0.25, -0.2) is 4.98 Å². The molecule has 1 aliphatic carbocycles. The first-order valence-electron chi connectivity index (χ1n) is 6.52. The van der Waals surface area contributed by atoms with Crippen molar-refractivity contribution in [2.75, 3.05) is 7.05 Å². The molecule has 1 atom stereocenters. The third-order valence-corrected chi connectivity index (χ3v) is 3.62. The summed E-state index contributed by atoms with van der Waals surface area (Å²) in [5.74, 6) is 2.20. The SMILES string of the molecule is CCn1ccnc1CCCC(NC)C1CC1. The zero-order valence-corrected chi connectivity index (χ0v) is 10.4. The quantitative estimate of drug-likeness (QED) is 0.765. The van der Waals surface area contributed by atoms with E-state index in [0.29, 0.717) is 0 Å². The van der Waals surface area contributed by atoms with Crippen molar-refractivity contribution in [2.24, 2.45) is 5.92 Å². The van der Waals surface area contributed by atoms with E-state index in [9.17, 15) is 0 Å². The fourth-order valence-electron chi connectivity index (χ4n) is 2.45. The van der Waals surface area contributed by atoms with Gasteiger partial charge in [-0.15, -0.1) is 0 Å². The Morgan fingerprint density at radius 2 is 2.38 bits per heavy atom. The summed E-state index contributed by atoms with van der Waals surface area (Å²) in [6.45, 7) is 3.21. The Labute approximate surface area is 98.3 Å². The molecule has 1 aromatic heterocycles. The van der Waals surface area contributed by atoms with Crippen molar-refractivity contribution < 1.29 is 0 Å². The number of rotatable bonds is 7. The zero-order valence-electron chi connectivity index (χ0n) is 10.4. The van der Waals surface area contributed by atoms with Crippen LogP contribution in [-0.4, -0.2) is 22.6 Å². The van der Waals surface area contributed by atoms with E-state index in [1.807, 2.05) is 6.20 Å². The summed E-state index contributed by atoms with van der Waals surface area (Å²) in [4.78, 5) is 4.41. The monoisotopic (exact) mass is 221 g/mol. The Balaban J connectivity index is 1.74. The topological polar surface area (TPSA) is 29.9 Å². The lowest BCUT2D eigenvalue weighted by molar-refractivity contribution is 0.452. The van der Waals surface area contributed by atoms with Gasteiger partial charge in [-0.05, 0) is 45.6 Å². The molecule has 0 aromatic carbocycles. The molecule has 0 spiro atoms. The molecule has 3 heteroatoms. The Bertz CT molecular complexity index is 315. The second-order valence-electron chi connectivity index (χ2n) is 4.75. The van der Waals surface area contributed by atoms with Gasteiger partial charge >= 0.3 is 0 Å². The second-order valence-corrected chi connectivity index (χ2v) is 4.75. The molecule has 90 valence electrons. The van der Waals surface area contributed by atoms with E-state index in [-0.39, 0.29) is 0 Å². The maximum atomic E-state index is 4.41. The first-order valence-corrected chi connectivity index (χ1v) is 6.52. The van der Waals surface area contributed by atoms with Crippen molar-refractivity contribution in [3.63, 3.8) is 0 Å². The van der Waals surface area contributed by atoms with E-state index in [0.717, 1.165) is 24.9 Å². The van der Waals surface area contributed by atoms with Crippen molar-refractivity contribution in [1.82, 2.24) is 14.9 Å². The largest absolute Gasteiger partial charge is 0.335 e. The highest BCUT2D eigenvalue weighted by Crippen LogP contribution is 2.34. The average molecular weight is 221 g/mol. The Morgan fingerprint density at radius 3 is 3.00 bits per heavy atom. The molecular weight excluding hydrogens is 198 g/mol. The van der Waals surface area contributed by atoms with Gasteiger partial charge in [-0.1, -0.05) is 0 Å². The van der Waals surface area contributed by atoms with Gasteiger partial charge < -0.3 is 9.88 Å². The molecule has 3 nitrogen and oxygen atoms in total. The minimum Gasteiger partial charge on any atom is -0.335 e. The molecule has 16 heavy (non-hydrogen) atoms. The second kappa shape index (κ2) is 5.48. The van der Waals surface area contributed by atoms with E-state index >= 15 is 0 Å². The van der Waals surface area contributed by atoms with E-state index in [2.05, 4.69) is 35.0 Å². The van der Waals surface area contributed by atoms with Crippen molar-refractivity contribution >= 4 is 0 Å². The van der Waals surface area contributed by atoms with Crippen molar-refractivity contribution in [3.05, 3.63) is 18.2 Å². The summed E-state index contributed by atoms with van der Waals surface area (Å²) < 4.78 is 2.24. The van der Waals surface area contributed by atoms with Crippen LogP contribution in [0.2, 0.25) is 0 Å². The van der Waals surface area contributed by atoms with E-state index in [1.54, 1.807) is 0 Å². The number of hydrogen-bond donors (Lipinski definition) is 1. The van der Waals surface area contributed by atoms with E-state index in [4.69, 9.17) is 0 Å². The van der Waals surface area contributed by atoms with Gasteiger partial charge in [0.05, 0.1) is 0 Å². The molecule has 0 saturated heterocycles. The van der Waals surface area contributed by atoms with Crippen LogP contribution < -0.4 is 5.32 Å². The molecule has 0 amide bonds. The Morgan fingerprint density at radius 1 is 1.56 bits per heavy atom. The summed E-state index contributed by atoms with van der Waals surface area (Å²) in [6, 6.07) is 0.741. The van der Waals surface area contributed by atoms with Crippen LogP contribution in [-0.2, 0) is 13.0 Å². The Kier molecular flexibility index (Phi) is 3.99. The minimum atomic E-state index is 0.741. The smallest absolute Gasteiger partial charge is 0.108 e. The van der Waals surface area contributed by atoms with Gasteiger partial charge in [0, 0.05) is 31.4 Å². The summed E-state index contributed by atoms with van der Waals surface area (Å²) in [7, 11) is 2.09. The lowest BCUT2D eigenvalue weighted by Gasteiger charge is -2.14. The van der Waals surface area contributed by atoms with Gasteiger partial charge in [0.2, 0.25) is 0 Å². The fourth-order valence-corrected chi connectivity index (χ4v) is 2.45. The molecule has 0 radical (unpaired) electrons. The summed E-state index contributed by atoms with van der Waals surface area (Å²) in [6.07, 6.45) is 10.5. The van der Waals surface area contributed by atoms with E-state index < -0.39 is 0 Å². The molecule has 1 aromatic rings. The van der Waals surface area contributed by atoms with Crippen LogP contribution in [0.1, 0.15) is 38.4 Å². The van der Waals surface area contributed by atoms with Crippen LogP contribution in [0.3, 0.4) is 0 Å². The molecule has 1 aliphatic rings. The van der Waals surface area contributed by atoms with Crippen molar-refractivity contribution in [3.8, 4) is 0 Å². The Hall–Kier alpha value is -0.830. The predicted molar refractivity (Wildman–Crippen MR) is 66.4 cm³/mol. The number of nitrogens with one attached hydrogen (secondary N) is 1. The van der Waals surface area contributed by atoms with Crippen LogP contribution in [0.4, 0.5) is 0 Å². The molecule has 1 unspecified atom stereocenters. The van der Waals surface area contributed by atoms with Crippen LogP contribution in [0.25, 0.3) is 0 Å². The molecule has 1 saturated carbocycles. The van der Waals surface area contributed by atoms with Crippen LogP contribution in [0.15, 0.2) is 12.4 Å². The number of nitrogens with zero attached hydrogens (tertiary/aromatic N) is 2. The molecule has 1 fully saturated rings. The molecule has 2 rings (SSSR count). The number of hydrogen-bond acceptors (Lipinski definition) is 2. The van der Waals surface area contributed by atoms with Crippen LogP contribution >= 0.6 is 0 Å². The number of aromatic nitrogens is 2. The molecular formula is C13H23N3. The molecule has 1 heterocycles. The zero-order chi connectivity index (χ0) is 11.4. The number of aryl methyl sites for hydroxylation is 2. The van der Waals surface area contributed by atoms with Gasteiger partial charge in [0.1, 0.15) is 5.82 Å². The summed E-state index contributed by atoms with van der Waals surface area (Å²) in [5.41, 5.74) is 0. The van der Waals surface area contributed by atoms with Crippen molar-refractivity contribution in [2.45, 2.75) is 51.6 Å². The molecule has 0 aliphatic heterocycles. The third kappa shape index (κ3) is 2.85. The molecule has 0 bridgehead atoms.